The number of aliphatic imine (C=N–C) groups is 1. The van der Waals surface area contributed by atoms with Crippen molar-refractivity contribution in [2.75, 3.05) is 12.8 Å². The lowest BCUT2D eigenvalue weighted by Gasteiger charge is -2.27. The van der Waals surface area contributed by atoms with E-state index in [1.165, 1.54) is 16.7 Å². The molecule has 0 aliphatic rings. The summed E-state index contributed by atoms with van der Waals surface area (Å²) in [7, 11) is 0. The van der Waals surface area contributed by atoms with Crippen LogP contribution in [-0.4, -0.2) is 46.3 Å². The Kier molecular flexibility index (Phi) is 8.75. The Morgan fingerprint density at radius 3 is 2.11 bits per heavy atom. The number of nitrogens with zero attached hydrogens (tertiary/aromatic N) is 2. The molecule has 0 saturated heterocycles. The third kappa shape index (κ3) is 9.60. The molecule has 1 aromatic rings. The van der Waals surface area contributed by atoms with Gasteiger partial charge in [0.05, 0.1) is 0 Å². The van der Waals surface area contributed by atoms with Crippen LogP contribution in [0.3, 0.4) is 0 Å². The quantitative estimate of drug-likeness (QED) is 0.483. The van der Waals surface area contributed by atoms with Gasteiger partial charge in [0.15, 0.2) is 5.17 Å². The SMILES string of the molecule is CS/C(=N\C(=O)OC(C)(C)C)N(C/C=C/c1ccccc1)C(=O)OC(C)(C)C. The molecule has 6 nitrogen and oxygen atoms in total. The Bertz CT molecular complexity index is 716. The van der Waals surface area contributed by atoms with Crippen LogP contribution in [-0.2, 0) is 9.47 Å². The van der Waals surface area contributed by atoms with Gasteiger partial charge in [0.25, 0.3) is 0 Å². The van der Waals surface area contributed by atoms with Crippen molar-refractivity contribution in [3.63, 3.8) is 0 Å². The average Bonchev–Trinajstić information content (AvgIpc) is 2.54. The lowest BCUT2D eigenvalue weighted by atomic mass is 10.2. The summed E-state index contributed by atoms with van der Waals surface area (Å²) in [6, 6.07) is 9.71. The first-order valence-corrected chi connectivity index (χ1v) is 10.2. The molecule has 0 N–H and O–H groups in total. The number of carbonyl (C=O) groups excluding carboxylic acids is 2. The predicted molar refractivity (Wildman–Crippen MR) is 116 cm³/mol. The molecule has 154 valence electrons. The maximum Gasteiger partial charge on any atom is 0.436 e. The maximum absolute atomic E-state index is 12.7. The molecule has 1 rings (SSSR count). The van der Waals surface area contributed by atoms with Crippen LogP contribution in [0.2, 0.25) is 0 Å². The van der Waals surface area contributed by atoms with Gasteiger partial charge < -0.3 is 9.47 Å². The maximum atomic E-state index is 12.7. The van der Waals surface area contributed by atoms with Gasteiger partial charge in [-0.2, -0.15) is 4.99 Å². The second-order valence-electron chi connectivity index (χ2n) is 7.98. The van der Waals surface area contributed by atoms with E-state index in [0.717, 1.165) is 5.56 Å². The van der Waals surface area contributed by atoms with E-state index in [4.69, 9.17) is 9.47 Å². The minimum absolute atomic E-state index is 0.201. The van der Waals surface area contributed by atoms with E-state index in [2.05, 4.69) is 4.99 Å². The fourth-order valence-corrected chi connectivity index (χ4v) is 2.52. The topological polar surface area (TPSA) is 68.2 Å². The number of ether oxygens (including phenoxy) is 2. The third-order valence-electron chi connectivity index (χ3n) is 3.01. The number of benzene rings is 1. The molecule has 0 fully saturated rings. The van der Waals surface area contributed by atoms with Crippen molar-refractivity contribution in [1.29, 1.82) is 0 Å². The van der Waals surface area contributed by atoms with Crippen molar-refractivity contribution >= 4 is 35.2 Å². The van der Waals surface area contributed by atoms with Crippen molar-refractivity contribution in [3.05, 3.63) is 42.0 Å². The monoisotopic (exact) mass is 406 g/mol. The Balaban J connectivity index is 3.07. The highest BCUT2D eigenvalue weighted by Gasteiger charge is 2.26. The van der Waals surface area contributed by atoms with Crippen LogP contribution >= 0.6 is 11.8 Å². The molecular formula is C21H30N2O4S. The van der Waals surface area contributed by atoms with Gasteiger partial charge in [-0.15, -0.1) is 0 Å². The molecule has 0 heterocycles. The molecule has 7 heteroatoms. The van der Waals surface area contributed by atoms with Crippen molar-refractivity contribution in [1.82, 2.24) is 4.90 Å². The fourth-order valence-electron chi connectivity index (χ4n) is 1.99. The smallest absolute Gasteiger partial charge is 0.436 e. The first kappa shape index (κ1) is 23.8. The summed E-state index contributed by atoms with van der Waals surface area (Å²) in [4.78, 5) is 30.1. The molecule has 0 aliphatic carbocycles. The van der Waals surface area contributed by atoms with Crippen molar-refractivity contribution < 1.29 is 19.1 Å². The van der Waals surface area contributed by atoms with Crippen LogP contribution < -0.4 is 0 Å². The van der Waals surface area contributed by atoms with E-state index in [9.17, 15) is 9.59 Å². The summed E-state index contributed by atoms with van der Waals surface area (Å²) in [5.74, 6) is 0. The molecule has 0 atom stereocenters. The van der Waals surface area contributed by atoms with Crippen LogP contribution in [0.4, 0.5) is 9.59 Å². The predicted octanol–water partition coefficient (Wildman–Crippen LogP) is 5.59. The zero-order chi connectivity index (χ0) is 21.4. The van der Waals surface area contributed by atoms with Crippen molar-refractivity contribution in [2.45, 2.75) is 52.7 Å². The van der Waals surface area contributed by atoms with Gasteiger partial charge in [0.2, 0.25) is 0 Å². The summed E-state index contributed by atoms with van der Waals surface area (Å²) in [6.07, 6.45) is 4.11. The highest BCUT2D eigenvalue weighted by molar-refractivity contribution is 8.13. The molecule has 0 aromatic heterocycles. The number of carbonyl (C=O) groups is 2. The van der Waals surface area contributed by atoms with Gasteiger partial charge in [-0.1, -0.05) is 54.2 Å². The lowest BCUT2D eigenvalue weighted by molar-refractivity contribution is 0.0388. The zero-order valence-corrected chi connectivity index (χ0v) is 18.5. The number of amides is 2. The lowest BCUT2D eigenvalue weighted by Crippen LogP contribution is -2.40. The van der Waals surface area contributed by atoms with Gasteiger partial charge >= 0.3 is 12.2 Å². The summed E-state index contributed by atoms with van der Waals surface area (Å²) < 4.78 is 10.7. The van der Waals surface area contributed by atoms with E-state index >= 15 is 0 Å². The van der Waals surface area contributed by atoms with Crippen LogP contribution in [0.1, 0.15) is 47.1 Å². The zero-order valence-electron chi connectivity index (χ0n) is 17.7. The molecule has 0 unspecified atom stereocenters. The minimum Gasteiger partial charge on any atom is -0.443 e. The van der Waals surface area contributed by atoms with E-state index < -0.39 is 23.4 Å². The summed E-state index contributed by atoms with van der Waals surface area (Å²) in [5, 5.41) is 0.209. The molecule has 1 aromatic carbocycles. The van der Waals surface area contributed by atoms with Crippen LogP contribution in [0.5, 0.6) is 0 Å². The van der Waals surface area contributed by atoms with Gasteiger partial charge in [0.1, 0.15) is 11.2 Å². The first-order chi connectivity index (χ1) is 12.9. The van der Waals surface area contributed by atoms with Crippen LogP contribution in [0.15, 0.2) is 41.4 Å². The summed E-state index contributed by atoms with van der Waals surface area (Å²) in [5.41, 5.74) is -0.344. The number of hydrogen-bond donors (Lipinski definition) is 0. The molecule has 2 amide bonds. The number of thioether (sulfide) groups is 1. The normalized spacial score (nSPS) is 12.8. The Morgan fingerprint density at radius 1 is 1.04 bits per heavy atom. The highest BCUT2D eigenvalue weighted by atomic mass is 32.2. The van der Waals surface area contributed by atoms with Gasteiger partial charge in [-0.3, -0.25) is 4.90 Å². The summed E-state index contributed by atoms with van der Waals surface area (Å²) >= 11 is 1.17. The van der Waals surface area contributed by atoms with Crippen LogP contribution in [0.25, 0.3) is 6.08 Å². The summed E-state index contributed by atoms with van der Waals surface area (Å²) in [6.45, 7) is 10.8. The molecule has 0 aliphatic heterocycles. The standard InChI is InChI=1S/C21H30N2O4S/c1-20(2,3)26-18(24)22-17(28-7)23(19(25)27-21(4,5)6)15-11-14-16-12-9-8-10-13-16/h8-14H,15H2,1-7H3/b14-11+,22-17-. The molecule has 0 bridgehead atoms. The van der Waals surface area contributed by atoms with Gasteiger partial charge in [0, 0.05) is 6.54 Å². The number of hydrogen-bond acceptors (Lipinski definition) is 5. The fraction of sp³-hybridized carbons (Fsp3) is 0.476. The molecule has 0 radical (unpaired) electrons. The van der Waals surface area contributed by atoms with Crippen molar-refractivity contribution in [2.24, 2.45) is 4.99 Å². The Hall–Kier alpha value is -2.28. The molecular weight excluding hydrogens is 376 g/mol. The Labute approximate surface area is 172 Å². The highest BCUT2D eigenvalue weighted by Crippen LogP contribution is 2.16. The van der Waals surface area contributed by atoms with E-state index in [-0.39, 0.29) is 11.7 Å². The second kappa shape index (κ2) is 10.3. The average molecular weight is 407 g/mol. The second-order valence-corrected chi connectivity index (χ2v) is 8.76. The Morgan fingerprint density at radius 2 is 1.61 bits per heavy atom. The number of rotatable bonds is 3. The van der Waals surface area contributed by atoms with E-state index in [1.807, 2.05) is 42.5 Å². The van der Waals surface area contributed by atoms with E-state index in [0.29, 0.717) is 0 Å². The van der Waals surface area contributed by atoms with Gasteiger partial charge in [-0.25, -0.2) is 9.59 Å². The number of amidine groups is 1. The largest absolute Gasteiger partial charge is 0.443 e. The van der Waals surface area contributed by atoms with Crippen molar-refractivity contribution in [3.8, 4) is 0 Å². The first-order valence-electron chi connectivity index (χ1n) is 8.99. The van der Waals surface area contributed by atoms with Gasteiger partial charge in [-0.05, 0) is 53.4 Å². The third-order valence-corrected chi connectivity index (χ3v) is 3.68. The molecule has 28 heavy (non-hydrogen) atoms. The molecule has 0 saturated carbocycles. The minimum atomic E-state index is -0.752. The van der Waals surface area contributed by atoms with E-state index in [1.54, 1.807) is 47.8 Å². The molecule has 0 spiro atoms. The van der Waals surface area contributed by atoms with Crippen LogP contribution in [0, 0.1) is 0 Å².